The monoisotopic (exact) mass is 490 g/mol. The smallest absolute Gasteiger partial charge is 0.248 e. The van der Waals surface area contributed by atoms with Crippen LogP contribution in [0, 0.1) is 0 Å². The average molecular weight is 491 g/mol. The number of hydrogen-bond acceptors (Lipinski definition) is 4. The topological polar surface area (TPSA) is 52.6 Å². The summed E-state index contributed by atoms with van der Waals surface area (Å²) in [7, 11) is -3.81. The van der Waals surface area contributed by atoms with Crippen molar-refractivity contribution >= 4 is 10.4 Å². The van der Waals surface area contributed by atoms with Gasteiger partial charge in [-0.15, -0.1) is 0 Å². The maximum absolute atomic E-state index is 11.8. The minimum Gasteiger partial charge on any atom is -0.248 e. The molecule has 0 aromatic heterocycles. The van der Waals surface area contributed by atoms with Crippen molar-refractivity contribution in [2.75, 3.05) is 13.2 Å². The van der Waals surface area contributed by atoms with E-state index < -0.39 is 10.4 Å². The zero-order chi connectivity index (χ0) is 24.3. The molecule has 0 heterocycles. The first-order valence-corrected chi connectivity index (χ1v) is 16.0. The van der Waals surface area contributed by atoms with Crippen LogP contribution in [0.2, 0.25) is 0 Å². The summed E-state index contributed by atoms with van der Waals surface area (Å²) in [6.07, 6.45) is 30.2. The highest BCUT2D eigenvalue weighted by Crippen LogP contribution is 2.14. The van der Waals surface area contributed by atoms with E-state index in [9.17, 15) is 8.42 Å². The first kappa shape index (κ1) is 32.9. The molecule has 0 aromatic carbocycles. The summed E-state index contributed by atoms with van der Waals surface area (Å²) in [4.78, 5) is 0. The van der Waals surface area contributed by atoms with Gasteiger partial charge in [-0.1, -0.05) is 155 Å². The summed E-state index contributed by atoms with van der Waals surface area (Å²) in [6, 6.07) is 0. The van der Waals surface area contributed by atoms with Gasteiger partial charge in [0, 0.05) is 0 Å². The van der Waals surface area contributed by atoms with E-state index in [1.807, 2.05) is 0 Å². The fourth-order valence-corrected chi connectivity index (χ4v) is 4.95. The Morgan fingerprint density at radius 1 is 0.364 bits per heavy atom. The van der Waals surface area contributed by atoms with Gasteiger partial charge in [0.05, 0.1) is 13.2 Å². The van der Waals surface area contributed by atoms with Crippen LogP contribution in [-0.4, -0.2) is 21.6 Å². The molecule has 33 heavy (non-hydrogen) atoms. The summed E-state index contributed by atoms with van der Waals surface area (Å²) in [6.45, 7) is 5.01. The van der Waals surface area contributed by atoms with E-state index in [1.54, 1.807) is 0 Å². The molecule has 0 aliphatic heterocycles. The molecule has 0 spiro atoms. The van der Waals surface area contributed by atoms with Crippen LogP contribution in [0.25, 0.3) is 0 Å². The zero-order valence-corrected chi connectivity index (χ0v) is 23.2. The molecule has 0 fully saturated rings. The predicted molar refractivity (Wildman–Crippen MR) is 143 cm³/mol. The third-order valence-corrected chi connectivity index (χ3v) is 7.36. The minimum atomic E-state index is -3.81. The molecule has 0 aromatic rings. The van der Waals surface area contributed by atoms with Crippen molar-refractivity contribution in [1.29, 1.82) is 0 Å². The Hall–Kier alpha value is -0.130. The lowest BCUT2D eigenvalue weighted by Gasteiger charge is -2.06. The molecular weight excluding hydrogens is 432 g/mol. The molecule has 0 aliphatic carbocycles. The van der Waals surface area contributed by atoms with Gasteiger partial charge in [-0.25, -0.2) is 8.37 Å². The Morgan fingerprint density at radius 2 is 0.576 bits per heavy atom. The summed E-state index contributed by atoms with van der Waals surface area (Å²) in [5, 5.41) is 0. The lowest BCUT2D eigenvalue weighted by molar-refractivity contribution is 0.208. The summed E-state index contributed by atoms with van der Waals surface area (Å²) in [5.41, 5.74) is 0. The lowest BCUT2D eigenvalue weighted by atomic mass is 10.0. The predicted octanol–water partition coefficient (Wildman–Crippen LogP) is 9.67. The fraction of sp³-hybridized carbons (Fsp3) is 1.00. The molecule has 0 bridgehead atoms. The van der Waals surface area contributed by atoms with Gasteiger partial charge in [-0.2, -0.15) is 8.42 Å². The van der Waals surface area contributed by atoms with Crippen LogP contribution in [-0.2, 0) is 18.8 Å². The highest BCUT2D eigenvalue weighted by molar-refractivity contribution is 7.81. The second-order valence-electron chi connectivity index (χ2n) is 9.83. The van der Waals surface area contributed by atoms with Crippen LogP contribution in [0.1, 0.15) is 168 Å². The van der Waals surface area contributed by atoms with Crippen LogP contribution in [0.3, 0.4) is 0 Å². The van der Waals surface area contributed by atoms with Gasteiger partial charge < -0.3 is 0 Å². The average Bonchev–Trinajstić information content (AvgIpc) is 2.80. The van der Waals surface area contributed by atoms with Crippen molar-refractivity contribution < 1.29 is 16.8 Å². The van der Waals surface area contributed by atoms with Crippen molar-refractivity contribution in [2.24, 2.45) is 0 Å². The Morgan fingerprint density at radius 3 is 0.818 bits per heavy atom. The zero-order valence-electron chi connectivity index (χ0n) is 22.4. The van der Waals surface area contributed by atoms with Crippen molar-refractivity contribution in [3.63, 3.8) is 0 Å². The fourth-order valence-electron chi connectivity index (χ4n) is 4.24. The second kappa shape index (κ2) is 26.5. The SMILES string of the molecule is CCCCCCCCCCCCCCCCOS(=O)(=O)OCCCCCCCCCCCC. The van der Waals surface area contributed by atoms with Crippen molar-refractivity contribution in [2.45, 2.75) is 168 Å². The summed E-state index contributed by atoms with van der Waals surface area (Å²) >= 11 is 0. The third kappa shape index (κ3) is 28.0. The van der Waals surface area contributed by atoms with E-state index in [0.29, 0.717) is 0 Å². The molecule has 5 heteroatoms. The van der Waals surface area contributed by atoms with Crippen molar-refractivity contribution in [3.8, 4) is 0 Å². The van der Waals surface area contributed by atoms with E-state index in [-0.39, 0.29) is 13.2 Å². The Bertz CT molecular complexity index is 465. The maximum atomic E-state index is 11.8. The van der Waals surface area contributed by atoms with Gasteiger partial charge in [-0.3, -0.25) is 0 Å². The van der Waals surface area contributed by atoms with E-state index >= 15 is 0 Å². The van der Waals surface area contributed by atoms with Crippen LogP contribution >= 0.6 is 0 Å². The lowest BCUT2D eigenvalue weighted by Crippen LogP contribution is -2.12. The molecule has 4 nitrogen and oxygen atoms in total. The maximum Gasteiger partial charge on any atom is 0.399 e. The number of unbranched alkanes of at least 4 members (excludes halogenated alkanes) is 22. The molecule has 0 atom stereocenters. The Balaban J connectivity index is 3.29. The van der Waals surface area contributed by atoms with Gasteiger partial charge in [0.2, 0.25) is 0 Å². The van der Waals surface area contributed by atoms with Gasteiger partial charge in [0.15, 0.2) is 0 Å². The minimum absolute atomic E-state index is 0.248. The number of hydrogen-bond donors (Lipinski definition) is 0. The molecule has 0 N–H and O–H groups in total. The van der Waals surface area contributed by atoms with Gasteiger partial charge in [-0.05, 0) is 12.8 Å². The standard InChI is InChI=1S/C28H58O4S/c1-3-5-7-9-11-13-15-16-17-18-20-22-24-26-28-32-33(29,30)31-27-25-23-21-19-14-12-10-8-6-4-2/h3-28H2,1-2H3. The van der Waals surface area contributed by atoms with Crippen LogP contribution in [0.5, 0.6) is 0 Å². The van der Waals surface area contributed by atoms with Crippen molar-refractivity contribution in [3.05, 3.63) is 0 Å². The van der Waals surface area contributed by atoms with Crippen LogP contribution in [0.4, 0.5) is 0 Å². The largest absolute Gasteiger partial charge is 0.399 e. The first-order valence-electron chi connectivity index (χ1n) is 14.7. The van der Waals surface area contributed by atoms with Gasteiger partial charge in [0.25, 0.3) is 0 Å². The normalized spacial score (nSPS) is 11.9. The van der Waals surface area contributed by atoms with Gasteiger partial charge >= 0.3 is 10.4 Å². The number of rotatable bonds is 28. The molecule has 0 radical (unpaired) electrons. The summed E-state index contributed by atoms with van der Waals surface area (Å²) < 4.78 is 33.5. The molecule has 0 rings (SSSR count). The Kier molecular flexibility index (Phi) is 26.4. The van der Waals surface area contributed by atoms with Crippen LogP contribution in [0.15, 0.2) is 0 Å². The van der Waals surface area contributed by atoms with E-state index in [1.165, 1.54) is 122 Å². The summed E-state index contributed by atoms with van der Waals surface area (Å²) in [5.74, 6) is 0. The van der Waals surface area contributed by atoms with Crippen LogP contribution < -0.4 is 0 Å². The molecule has 0 saturated heterocycles. The highest BCUT2D eigenvalue weighted by atomic mass is 32.3. The first-order chi connectivity index (χ1) is 16.1. The molecule has 0 unspecified atom stereocenters. The highest BCUT2D eigenvalue weighted by Gasteiger charge is 2.11. The third-order valence-electron chi connectivity index (χ3n) is 6.45. The van der Waals surface area contributed by atoms with E-state index in [0.717, 1.165) is 32.1 Å². The Labute approximate surface area is 208 Å². The molecule has 200 valence electrons. The van der Waals surface area contributed by atoms with E-state index in [2.05, 4.69) is 13.8 Å². The van der Waals surface area contributed by atoms with Crippen molar-refractivity contribution in [1.82, 2.24) is 0 Å². The quantitative estimate of drug-likeness (QED) is 0.102. The molecule has 0 amide bonds. The molecule has 0 aliphatic rings. The molecular formula is C28H58O4S. The second-order valence-corrected chi connectivity index (χ2v) is 11.1. The van der Waals surface area contributed by atoms with Gasteiger partial charge in [0.1, 0.15) is 0 Å². The molecule has 0 saturated carbocycles. The van der Waals surface area contributed by atoms with E-state index in [4.69, 9.17) is 8.37 Å².